The van der Waals surface area contributed by atoms with Crippen molar-refractivity contribution in [2.45, 2.75) is 19.1 Å². The molecule has 17 heavy (non-hydrogen) atoms. The minimum Gasteiger partial charge on any atom is -0.480 e. The van der Waals surface area contributed by atoms with Gasteiger partial charge in [-0.15, -0.1) is 0 Å². The molecule has 1 saturated heterocycles. The maximum atomic E-state index is 13.1. The average Bonchev–Trinajstić information content (AvgIpc) is 2.64. The molecule has 0 radical (unpaired) electrons. The first-order valence-electron chi connectivity index (χ1n) is 4.95. The smallest absolute Gasteiger partial charge is 0.408 e. The van der Waals surface area contributed by atoms with Crippen molar-refractivity contribution < 1.29 is 23.8 Å². The van der Waals surface area contributed by atoms with Gasteiger partial charge in [0.2, 0.25) is 0 Å². The largest absolute Gasteiger partial charge is 0.480 e. The first-order valence-corrected chi connectivity index (χ1v) is 4.95. The number of aryl methyl sites for hydroxylation is 1. The molecule has 2 rings (SSSR count). The maximum Gasteiger partial charge on any atom is 0.408 e. The van der Waals surface area contributed by atoms with Crippen LogP contribution in [0.4, 0.5) is 9.18 Å². The molecule has 1 amide bonds. The zero-order valence-electron chi connectivity index (χ0n) is 8.94. The highest BCUT2D eigenvalue weighted by Crippen LogP contribution is 2.27. The van der Waals surface area contributed by atoms with Gasteiger partial charge < -0.3 is 15.2 Å². The van der Waals surface area contributed by atoms with E-state index in [1.807, 2.05) is 0 Å². The van der Waals surface area contributed by atoms with E-state index in [1.165, 1.54) is 18.2 Å². The first kappa shape index (κ1) is 11.4. The van der Waals surface area contributed by atoms with E-state index < -0.39 is 30.0 Å². The van der Waals surface area contributed by atoms with E-state index in [2.05, 4.69) is 5.32 Å². The molecule has 1 aromatic carbocycles. The molecule has 0 bridgehead atoms. The van der Waals surface area contributed by atoms with Crippen LogP contribution < -0.4 is 5.32 Å². The molecule has 90 valence electrons. The average molecular weight is 239 g/mol. The third-order valence-electron chi connectivity index (χ3n) is 2.59. The molecule has 2 N–H and O–H groups in total. The molecule has 2 unspecified atom stereocenters. The summed E-state index contributed by atoms with van der Waals surface area (Å²) in [6.45, 7) is 1.55. The zero-order chi connectivity index (χ0) is 12.6. The summed E-state index contributed by atoms with van der Waals surface area (Å²) in [5.41, 5.74) is 0.823. The number of halogens is 1. The van der Waals surface area contributed by atoms with Crippen LogP contribution in [0.3, 0.4) is 0 Å². The number of benzene rings is 1. The predicted octanol–water partition coefficient (Wildman–Crippen LogP) is 1.37. The fourth-order valence-electron chi connectivity index (χ4n) is 1.72. The van der Waals surface area contributed by atoms with Crippen LogP contribution in [0.2, 0.25) is 0 Å². The summed E-state index contributed by atoms with van der Waals surface area (Å²) in [5, 5.41) is 11.1. The topological polar surface area (TPSA) is 75.6 Å². The van der Waals surface area contributed by atoms with Crippen molar-refractivity contribution in [1.82, 2.24) is 5.32 Å². The SMILES string of the molecule is Cc1cc(C2OC(=O)NC2C(=O)O)ccc1F. The molecule has 1 heterocycles. The van der Waals surface area contributed by atoms with Gasteiger partial charge in [0.25, 0.3) is 0 Å². The number of alkyl carbamates (subject to hydrolysis) is 1. The van der Waals surface area contributed by atoms with Crippen LogP contribution in [0.25, 0.3) is 0 Å². The molecule has 6 heteroatoms. The molecule has 5 nitrogen and oxygen atoms in total. The van der Waals surface area contributed by atoms with E-state index in [-0.39, 0.29) is 0 Å². The van der Waals surface area contributed by atoms with Crippen LogP contribution in [0.5, 0.6) is 0 Å². The second-order valence-corrected chi connectivity index (χ2v) is 3.79. The van der Waals surface area contributed by atoms with Gasteiger partial charge in [0.15, 0.2) is 12.1 Å². The number of nitrogens with one attached hydrogen (secondary N) is 1. The summed E-state index contributed by atoms with van der Waals surface area (Å²) >= 11 is 0. The standard InChI is InChI=1S/C11H10FNO4/c1-5-4-6(2-3-7(5)12)9-8(10(14)15)13-11(16)17-9/h2-4,8-9H,1H3,(H,13,16)(H,14,15). The summed E-state index contributed by atoms with van der Waals surface area (Å²) in [4.78, 5) is 21.9. The van der Waals surface area contributed by atoms with Gasteiger partial charge >= 0.3 is 12.1 Å². The molecule has 0 aliphatic carbocycles. The predicted molar refractivity (Wildman–Crippen MR) is 54.9 cm³/mol. The third kappa shape index (κ3) is 2.06. The summed E-state index contributed by atoms with van der Waals surface area (Å²) in [6, 6.07) is 2.95. The van der Waals surface area contributed by atoms with Crippen molar-refractivity contribution in [3.63, 3.8) is 0 Å². The van der Waals surface area contributed by atoms with Gasteiger partial charge in [0.05, 0.1) is 0 Å². The Kier molecular flexibility index (Phi) is 2.71. The second-order valence-electron chi connectivity index (χ2n) is 3.79. The van der Waals surface area contributed by atoms with Gasteiger partial charge in [-0.3, -0.25) is 0 Å². The number of carbonyl (C=O) groups is 2. The van der Waals surface area contributed by atoms with E-state index in [9.17, 15) is 14.0 Å². The lowest BCUT2D eigenvalue weighted by Crippen LogP contribution is -2.35. The molecule has 1 aliphatic heterocycles. The van der Waals surface area contributed by atoms with Gasteiger partial charge in [-0.1, -0.05) is 6.07 Å². The van der Waals surface area contributed by atoms with Gasteiger partial charge in [-0.05, 0) is 30.2 Å². The van der Waals surface area contributed by atoms with Crippen molar-refractivity contribution in [3.8, 4) is 0 Å². The second kappa shape index (κ2) is 4.04. The monoisotopic (exact) mass is 239 g/mol. The van der Waals surface area contributed by atoms with Crippen LogP contribution in [0, 0.1) is 12.7 Å². The number of amides is 1. The number of carboxylic acid groups (broad SMARTS) is 1. The van der Waals surface area contributed by atoms with Crippen LogP contribution in [-0.4, -0.2) is 23.2 Å². The Bertz CT molecular complexity index is 488. The molecule has 1 aromatic rings. The van der Waals surface area contributed by atoms with E-state index in [1.54, 1.807) is 6.92 Å². The molecule has 0 aromatic heterocycles. The highest BCUT2D eigenvalue weighted by Gasteiger charge is 2.40. The zero-order valence-corrected chi connectivity index (χ0v) is 8.94. The van der Waals surface area contributed by atoms with Crippen molar-refractivity contribution >= 4 is 12.1 Å². The van der Waals surface area contributed by atoms with E-state index in [0.29, 0.717) is 11.1 Å². The molecule has 0 spiro atoms. The number of carbonyl (C=O) groups excluding carboxylic acids is 1. The Morgan fingerprint density at radius 1 is 1.53 bits per heavy atom. The Morgan fingerprint density at radius 2 is 2.24 bits per heavy atom. The van der Waals surface area contributed by atoms with E-state index in [4.69, 9.17) is 9.84 Å². The van der Waals surface area contributed by atoms with E-state index >= 15 is 0 Å². The lowest BCUT2D eigenvalue weighted by Gasteiger charge is -2.14. The fourth-order valence-corrected chi connectivity index (χ4v) is 1.72. The quantitative estimate of drug-likeness (QED) is 0.817. The summed E-state index contributed by atoms with van der Waals surface area (Å²) in [5.74, 6) is -1.58. The Balaban J connectivity index is 2.34. The van der Waals surface area contributed by atoms with Crippen LogP contribution in [-0.2, 0) is 9.53 Å². The van der Waals surface area contributed by atoms with Gasteiger partial charge in [0, 0.05) is 0 Å². The molecule has 1 aliphatic rings. The summed E-state index contributed by atoms with van der Waals surface area (Å²) in [7, 11) is 0. The molecule has 1 fully saturated rings. The van der Waals surface area contributed by atoms with Crippen LogP contribution >= 0.6 is 0 Å². The number of aliphatic carboxylic acids is 1. The lowest BCUT2D eigenvalue weighted by atomic mass is 10.0. The number of cyclic esters (lactones) is 1. The van der Waals surface area contributed by atoms with E-state index in [0.717, 1.165) is 0 Å². The highest BCUT2D eigenvalue weighted by atomic mass is 19.1. The van der Waals surface area contributed by atoms with Crippen molar-refractivity contribution in [3.05, 3.63) is 35.1 Å². The Labute approximate surface area is 96.2 Å². The van der Waals surface area contributed by atoms with Crippen LogP contribution in [0.1, 0.15) is 17.2 Å². The Morgan fingerprint density at radius 3 is 2.82 bits per heavy atom. The molecule has 2 atom stereocenters. The number of rotatable bonds is 2. The fraction of sp³-hybridized carbons (Fsp3) is 0.273. The maximum absolute atomic E-state index is 13.1. The number of hydrogen-bond donors (Lipinski definition) is 2. The normalized spacial score (nSPS) is 23.1. The molecule has 0 saturated carbocycles. The van der Waals surface area contributed by atoms with Crippen molar-refractivity contribution in [1.29, 1.82) is 0 Å². The number of hydrogen-bond acceptors (Lipinski definition) is 3. The summed E-state index contributed by atoms with van der Waals surface area (Å²) in [6.07, 6.45) is -1.72. The highest BCUT2D eigenvalue weighted by molar-refractivity contribution is 5.84. The van der Waals surface area contributed by atoms with Crippen LogP contribution in [0.15, 0.2) is 18.2 Å². The van der Waals surface area contributed by atoms with Gasteiger partial charge in [-0.25, -0.2) is 14.0 Å². The van der Waals surface area contributed by atoms with Gasteiger partial charge in [-0.2, -0.15) is 0 Å². The van der Waals surface area contributed by atoms with Gasteiger partial charge in [0.1, 0.15) is 5.82 Å². The number of ether oxygens (including phenoxy) is 1. The molecular formula is C11H10FNO4. The molecular weight excluding hydrogens is 229 g/mol. The minimum atomic E-state index is -1.19. The van der Waals surface area contributed by atoms with Crippen molar-refractivity contribution in [2.75, 3.05) is 0 Å². The van der Waals surface area contributed by atoms with Crippen molar-refractivity contribution in [2.24, 2.45) is 0 Å². The minimum absolute atomic E-state index is 0.370. The Hall–Kier alpha value is -2.11. The number of carboxylic acids is 1. The third-order valence-corrected chi connectivity index (χ3v) is 2.59. The first-order chi connectivity index (χ1) is 7.99. The lowest BCUT2D eigenvalue weighted by molar-refractivity contribution is -0.140. The summed E-state index contributed by atoms with van der Waals surface area (Å²) < 4.78 is 17.9.